The first-order valence-electron chi connectivity index (χ1n) is 5.43. The summed E-state index contributed by atoms with van der Waals surface area (Å²) >= 11 is 11.4. The lowest BCUT2D eigenvalue weighted by atomic mass is 10.3. The second kappa shape index (κ2) is 5.98. The van der Waals surface area contributed by atoms with Gasteiger partial charge >= 0.3 is 5.69 Å². The minimum Gasteiger partial charge on any atom is -0.347 e. The predicted molar refractivity (Wildman–Crippen MR) is 75.7 cm³/mol. The number of nitrogens with zero attached hydrogens (tertiary/aromatic N) is 2. The Bertz CT molecular complexity index is 777. The highest BCUT2D eigenvalue weighted by atomic mass is 35.5. The molecule has 2 aromatic rings. The zero-order chi connectivity index (χ0) is 15.6. The summed E-state index contributed by atoms with van der Waals surface area (Å²) in [5, 5.41) is 10.1. The summed E-state index contributed by atoms with van der Waals surface area (Å²) in [7, 11) is -4.04. The zero-order valence-corrected chi connectivity index (χ0v) is 12.5. The minimum absolute atomic E-state index is 0.109. The van der Waals surface area contributed by atoms with Crippen molar-refractivity contribution in [2.75, 3.05) is 0 Å². The molecule has 0 aliphatic carbocycles. The van der Waals surface area contributed by atoms with Gasteiger partial charge in [0.15, 0.2) is 0 Å². The van der Waals surface area contributed by atoms with E-state index in [1.807, 2.05) is 0 Å². The molecule has 112 valence electrons. The number of H-pyrrole nitrogens is 1. The van der Waals surface area contributed by atoms with Gasteiger partial charge in [0.25, 0.3) is 0 Å². The molecule has 0 unspecified atom stereocenters. The quantitative estimate of drug-likeness (QED) is 0.632. The second-order valence-corrected chi connectivity index (χ2v) is 6.35. The van der Waals surface area contributed by atoms with E-state index in [-0.39, 0.29) is 11.6 Å². The van der Waals surface area contributed by atoms with E-state index in [4.69, 9.17) is 23.2 Å². The molecule has 2 N–H and O–H groups in total. The molecular formula is C10H8Cl2N4O4S. The van der Waals surface area contributed by atoms with Crippen molar-refractivity contribution < 1.29 is 13.3 Å². The van der Waals surface area contributed by atoms with E-state index >= 15 is 0 Å². The van der Waals surface area contributed by atoms with Gasteiger partial charge in [0.1, 0.15) is 20.8 Å². The normalized spacial score (nSPS) is 11.5. The van der Waals surface area contributed by atoms with E-state index < -0.39 is 30.6 Å². The summed E-state index contributed by atoms with van der Waals surface area (Å²) in [5.74, 6) is 0.387. The summed E-state index contributed by atoms with van der Waals surface area (Å²) in [4.78, 5) is 16.2. The fourth-order valence-corrected chi connectivity index (χ4v) is 3.41. The van der Waals surface area contributed by atoms with Crippen LogP contribution in [0.4, 0.5) is 5.69 Å². The lowest BCUT2D eigenvalue weighted by molar-refractivity contribution is -0.384. The van der Waals surface area contributed by atoms with Crippen molar-refractivity contribution in [2.24, 2.45) is 0 Å². The number of sulfonamides is 1. The summed E-state index contributed by atoms with van der Waals surface area (Å²) in [6, 6.07) is 2.20. The maximum atomic E-state index is 12.1. The molecule has 11 heteroatoms. The van der Waals surface area contributed by atoms with Crippen LogP contribution in [0.25, 0.3) is 0 Å². The average molecular weight is 351 g/mol. The number of rotatable bonds is 5. The second-order valence-electron chi connectivity index (χ2n) is 3.83. The molecule has 1 aromatic heterocycles. The van der Waals surface area contributed by atoms with Crippen LogP contribution in [0.1, 0.15) is 5.82 Å². The van der Waals surface area contributed by atoms with Gasteiger partial charge in [0.2, 0.25) is 10.0 Å². The lowest BCUT2D eigenvalue weighted by Crippen LogP contribution is -2.24. The van der Waals surface area contributed by atoms with E-state index in [1.165, 1.54) is 12.4 Å². The average Bonchev–Trinajstić information content (AvgIpc) is 2.88. The summed E-state index contributed by atoms with van der Waals surface area (Å²) in [5.41, 5.74) is -0.654. The van der Waals surface area contributed by atoms with Crippen molar-refractivity contribution in [3.8, 4) is 0 Å². The van der Waals surface area contributed by atoms with Crippen molar-refractivity contribution in [2.45, 2.75) is 11.4 Å². The number of aromatic amines is 1. The van der Waals surface area contributed by atoms with Crippen LogP contribution >= 0.6 is 23.2 Å². The van der Waals surface area contributed by atoms with Crippen LogP contribution < -0.4 is 4.72 Å². The molecule has 21 heavy (non-hydrogen) atoms. The standard InChI is InChI=1S/C10H8Cl2N4O4S/c11-6-1-2-7(9(12)10(6)16(17)18)21(19,20)15-5-8-13-3-4-14-8/h1-4,15H,5H2,(H,13,14). The smallest absolute Gasteiger partial charge is 0.307 e. The Balaban J connectivity index is 2.36. The van der Waals surface area contributed by atoms with Crippen molar-refractivity contribution in [3.05, 3.63) is 50.5 Å². The van der Waals surface area contributed by atoms with Gasteiger partial charge in [0.05, 0.1) is 11.5 Å². The molecule has 0 saturated heterocycles. The topological polar surface area (TPSA) is 118 Å². The largest absolute Gasteiger partial charge is 0.347 e. The number of aromatic nitrogens is 2. The zero-order valence-electron chi connectivity index (χ0n) is 10.2. The molecule has 0 aliphatic heterocycles. The van der Waals surface area contributed by atoms with Gasteiger partial charge in [-0.05, 0) is 12.1 Å². The molecule has 0 radical (unpaired) electrons. The van der Waals surface area contributed by atoms with Crippen molar-refractivity contribution >= 4 is 38.9 Å². The third kappa shape index (κ3) is 3.32. The van der Waals surface area contributed by atoms with E-state index in [0.717, 1.165) is 12.1 Å². The highest BCUT2D eigenvalue weighted by Gasteiger charge is 2.27. The summed E-state index contributed by atoms with van der Waals surface area (Å²) in [6.45, 7) is -0.109. The van der Waals surface area contributed by atoms with Gasteiger partial charge in [-0.1, -0.05) is 23.2 Å². The van der Waals surface area contributed by atoms with Crippen LogP contribution in [0.5, 0.6) is 0 Å². The Morgan fingerprint density at radius 2 is 2.10 bits per heavy atom. The Kier molecular flexibility index (Phi) is 4.47. The van der Waals surface area contributed by atoms with Crippen molar-refractivity contribution in [3.63, 3.8) is 0 Å². The molecule has 2 rings (SSSR count). The van der Waals surface area contributed by atoms with Gasteiger partial charge in [-0.3, -0.25) is 10.1 Å². The number of nitrogens with one attached hydrogen (secondary N) is 2. The summed E-state index contributed by atoms with van der Waals surface area (Å²) < 4.78 is 26.5. The monoisotopic (exact) mass is 350 g/mol. The first-order valence-corrected chi connectivity index (χ1v) is 7.67. The van der Waals surface area contributed by atoms with E-state index in [9.17, 15) is 18.5 Å². The highest BCUT2D eigenvalue weighted by Crippen LogP contribution is 2.36. The molecule has 0 atom stereocenters. The highest BCUT2D eigenvalue weighted by molar-refractivity contribution is 7.89. The SMILES string of the molecule is O=[N+]([O-])c1c(Cl)ccc(S(=O)(=O)NCc2ncc[nH]2)c1Cl. The first-order chi connectivity index (χ1) is 9.83. The molecule has 0 bridgehead atoms. The Morgan fingerprint density at radius 3 is 2.67 bits per heavy atom. The maximum absolute atomic E-state index is 12.1. The first kappa shape index (κ1) is 15.7. The molecule has 0 aliphatic rings. The molecule has 8 nitrogen and oxygen atoms in total. The van der Waals surface area contributed by atoms with Crippen LogP contribution in [0.15, 0.2) is 29.4 Å². The van der Waals surface area contributed by atoms with Crippen LogP contribution in [-0.2, 0) is 16.6 Å². The molecule has 0 spiro atoms. The Morgan fingerprint density at radius 1 is 1.38 bits per heavy atom. The van der Waals surface area contributed by atoms with Crippen LogP contribution in [0, 0.1) is 10.1 Å². The van der Waals surface area contributed by atoms with Crippen LogP contribution in [0.3, 0.4) is 0 Å². The third-order valence-electron chi connectivity index (χ3n) is 2.49. The van der Waals surface area contributed by atoms with E-state index in [2.05, 4.69) is 14.7 Å². The van der Waals surface area contributed by atoms with Crippen molar-refractivity contribution in [1.82, 2.24) is 14.7 Å². The number of nitro benzene ring substituents is 1. The van der Waals surface area contributed by atoms with Crippen LogP contribution in [-0.4, -0.2) is 23.3 Å². The van der Waals surface area contributed by atoms with E-state index in [1.54, 1.807) is 0 Å². The number of hydrogen-bond acceptors (Lipinski definition) is 5. The van der Waals surface area contributed by atoms with Gasteiger partial charge in [-0.25, -0.2) is 18.1 Å². The molecule has 0 amide bonds. The van der Waals surface area contributed by atoms with E-state index in [0.29, 0.717) is 5.82 Å². The predicted octanol–water partition coefficient (Wildman–Crippen LogP) is 2.10. The number of imidazole rings is 1. The fourth-order valence-electron chi connectivity index (χ4n) is 1.53. The number of nitro groups is 1. The van der Waals surface area contributed by atoms with Gasteiger partial charge in [-0.15, -0.1) is 0 Å². The lowest BCUT2D eigenvalue weighted by Gasteiger charge is -2.08. The van der Waals surface area contributed by atoms with Crippen LogP contribution in [0.2, 0.25) is 10.0 Å². The number of benzene rings is 1. The minimum atomic E-state index is -4.04. The molecule has 0 fully saturated rings. The van der Waals surface area contributed by atoms with Gasteiger partial charge in [-0.2, -0.15) is 0 Å². The molecular weight excluding hydrogens is 343 g/mol. The summed E-state index contributed by atoms with van der Waals surface area (Å²) in [6.07, 6.45) is 2.99. The molecule has 0 saturated carbocycles. The Hall–Kier alpha value is -1.68. The fraction of sp³-hybridized carbons (Fsp3) is 0.100. The van der Waals surface area contributed by atoms with Gasteiger partial charge < -0.3 is 4.98 Å². The third-order valence-corrected chi connectivity index (χ3v) is 4.73. The molecule has 1 aromatic carbocycles. The Labute approximate surface area is 129 Å². The number of hydrogen-bond donors (Lipinski definition) is 2. The van der Waals surface area contributed by atoms with Crippen molar-refractivity contribution in [1.29, 1.82) is 0 Å². The molecule has 1 heterocycles. The van der Waals surface area contributed by atoms with Gasteiger partial charge in [0, 0.05) is 12.4 Å². The number of halogens is 2. The maximum Gasteiger partial charge on any atom is 0.307 e.